The second-order valence-electron chi connectivity index (χ2n) is 5.92. The predicted molar refractivity (Wildman–Crippen MR) is 99.7 cm³/mol. The predicted octanol–water partition coefficient (Wildman–Crippen LogP) is 5.79. The molecule has 1 heterocycles. The van der Waals surface area contributed by atoms with Crippen molar-refractivity contribution in [3.63, 3.8) is 0 Å². The average molecular weight is 367 g/mol. The van der Waals surface area contributed by atoms with E-state index in [-0.39, 0.29) is 11.8 Å². The number of halogens is 2. The molecular formula is C20H12Cl2N2O. The van der Waals surface area contributed by atoms with E-state index in [4.69, 9.17) is 33.3 Å². The maximum atomic E-state index is 9.64. The molecule has 2 unspecified atom stereocenters. The zero-order chi connectivity index (χ0) is 17.6. The molecule has 4 rings (SSSR count). The molecule has 3 aromatic carbocycles. The van der Waals surface area contributed by atoms with Crippen LogP contribution in [-0.2, 0) is 0 Å². The Morgan fingerprint density at radius 1 is 1.00 bits per heavy atom. The molecule has 1 aliphatic rings. The van der Waals surface area contributed by atoms with Crippen molar-refractivity contribution in [2.45, 2.75) is 5.92 Å². The Kier molecular flexibility index (Phi) is 3.88. The van der Waals surface area contributed by atoms with Gasteiger partial charge in [-0.25, -0.2) is 0 Å². The van der Waals surface area contributed by atoms with Crippen molar-refractivity contribution >= 4 is 39.9 Å². The number of hydrogen-bond acceptors (Lipinski definition) is 3. The SMILES string of the molecule is N#CC1C(=N)Oc2c(ccc3ccccc23)C1c1ccc(Cl)cc1Cl. The molecule has 0 aliphatic carbocycles. The van der Waals surface area contributed by atoms with Crippen molar-refractivity contribution in [3.8, 4) is 11.8 Å². The molecule has 0 bridgehead atoms. The Morgan fingerprint density at radius 3 is 2.52 bits per heavy atom. The minimum atomic E-state index is -0.743. The van der Waals surface area contributed by atoms with Gasteiger partial charge in [-0.15, -0.1) is 0 Å². The first kappa shape index (κ1) is 16.0. The summed E-state index contributed by atoms with van der Waals surface area (Å²) in [6, 6.07) is 19.2. The lowest BCUT2D eigenvalue weighted by molar-refractivity contribution is 0.455. The summed E-state index contributed by atoms with van der Waals surface area (Å²) in [5.74, 6) is -0.573. The number of nitrogens with zero attached hydrogens (tertiary/aromatic N) is 1. The van der Waals surface area contributed by atoms with E-state index in [1.807, 2.05) is 42.5 Å². The van der Waals surface area contributed by atoms with Gasteiger partial charge in [-0.2, -0.15) is 5.26 Å². The summed E-state index contributed by atoms with van der Waals surface area (Å²) >= 11 is 12.4. The molecule has 0 radical (unpaired) electrons. The molecule has 1 aliphatic heterocycles. The van der Waals surface area contributed by atoms with Crippen LogP contribution in [0.3, 0.4) is 0 Å². The van der Waals surface area contributed by atoms with Crippen LogP contribution >= 0.6 is 23.2 Å². The summed E-state index contributed by atoms with van der Waals surface area (Å²) in [5.41, 5.74) is 1.62. The van der Waals surface area contributed by atoms with Gasteiger partial charge in [0.2, 0.25) is 5.90 Å². The van der Waals surface area contributed by atoms with Crippen LogP contribution in [0.4, 0.5) is 0 Å². The highest BCUT2D eigenvalue weighted by atomic mass is 35.5. The molecule has 1 N–H and O–H groups in total. The largest absolute Gasteiger partial charge is 0.441 e. The molecule has 0 aromatic heterocycles. The Hall–Kier alpha value is -2.54. The lowest BCUT2D eigenvalue weighted by Gasteiger charge is -2.31. The van der Waals surface area contributed by atoms with Gasteiger partial charge in [0.25, 0.3) is 0 Å². The van der Waals surface area contributed by atoms with E-state index >= 15 is 0 Å². The minimum Gasteiger partial charge on any atom is -0.441 e. The number of rotatable bonds is 1. The van der Waals surface area contributed by atoms with Crippen LogP contribution in [0.1, 0.15) is 17.0 Å². The highest BCUT2D eigenvalue weighted by Crippen LogP contribution is 2.47. The van der Waals surface area contributed by atoms with E-state index in [0.717, 1.165) is 21.9 Å². The average Bonchev–Trinajstić information content (AvgIpc) is 2.61. The number of ether oxygens (including phenoxy) is 1. The highest BCUT2D eigenvalue weighted by Gasteiger charge is 2.38. The minimum absolute atomic E-state index is 0.0673. The van der Waals surface area contributed by atoms with Crippen molar-refractivity contribution in [1.82, 2.24) is 0 Å². The number of nitriles is 1. The molecule has 122 valence electrons. The fourth-order valence-corrected chi connectivity index (χ4v) is 3.88. The number of fused-ring (bicyclic) bond motifs is 3. The number of nitrogens with one attached hydrogen (secondary N) is 1. The van der Waals surface area contributed by atoms with E-state index in [1.54, 1.807) is 12.1 Å². The molecule has 2 atom stereocenters. The molecule has 25 heavy (non-hydrogen) atoms. The van der Waals surface area contributed by atoms with Gasteiger partial charge in [-0.3, -0.25) is 5.41 Å². The third-order valence-corrected chi connectivity index (χ3v) is 5.07. The lowest BCUT2D eigenvalue weighted by atomic mass is 9.78. The third-order valence-electron chi connectivity index (χ3n) is 4.51. The maximum absolute atomic E-state index is 9.64. The van der Waals surface area contributed by atoms with Crippen molar-refractivity contribution in [2.75, 3.05) is 0 Å². The van der Waals surface area contributed by atoms with E-state index < -0.39 is 5.92 Å². The molecule has 3 nitrogen and oxygen atoms in total. The van der Waals surface area contributed by atoms with Crippen LogP contribution in [0, 0.1) is 22.7 Å². The Morgan fingerprint density at radius 2 is 1.76 bits per heavy atom. The van der Waals surface area contributed by atoms with E-state index in [9.17, 15) is 5.26 Å². The van der Waals surface area contributed by atoms with Crippen LogP contribution in [0.25, 0.3) is 10.8 Å². The van der Waals surface area contributed by atoms with Gasteiger partial charge < -0.3 is 4.74 Å². The zero-order valence-corrected chi connectivity index (χ0v) is 14.5. The van der Waals surface area contributed by atoms with Gasteiger partial charge >= 0.3 is 0 Å². The zero-order valence-electron chi connectivity index (χ0n) is 13.0. The first-order chi connectivity index (χ1) is 12.1. The van der Waals surface area contributed by atoms with E-state index in [2.05, 4.69) is 6.07 Å². The van der Waals surface area contributed by atoms with Crippen LogP contribution < -0.4 is 4.74 Å². The Labute approximate surface area is 154 Å². The molecule has 0 spiro atoms. The van der Waals surface area contributed by atoms with Crippen LogP contribution in [0.5, 0.6) is 5.75 Å². The summed E-state index contributed by atoms with van der Waals surface area (Å²) in [6.45, 7) is 0. The molecule has 0 fully saturated rings. The summed E-state index contributed by atoms with van der Waals surface area (Å²) in [4.78, 5) is 0. The summed E-state index contributed by atoms with van der Waals surface area (Å²) in [7, 11) is 0. The van der Waals surface area contributed by atoms with Crippen molar-refractivity contribution in [2.24, 2.45) is 5.92 Å². The van der Waals surface area contributed by atoms with E-state index in [0.29, 0.717) is 15.8 Å². The summed E-state index contributed by atoms with van der Waals surface area (Å²) in [5, 5.41) is 20.8. The van der Waals surface area contributed by atoms with Crippen LogP contribution in [0.15, 0.2) is 54.6 Å². The molecule has 5 heteroatoms. The Balaban J connectivity index is 2.01. The van der Waals surface area contributed by atoms with Gasteiger partial charge in [-0.1, -0.05) is 65.7 Å². The highest BCUT2D eigenvalue weighted by molar-refractivity contribution is 6.35. The Bertz CT molecular complexity index is 1060. The second-order valence-corrected chi connectivity index (χ2v) is 6.77. The van der Waals surface area contributed by atoms with Crippen molar-refractivity contribution in [3.05, 3.63) is 75.8 Å². The van der Waals surface area contributed by atoms with Gasteiger partial charge in [-0.05, 0) is 23.1 Å². The van der Waals surface area contributed by atoms with Crippen molar-refractivity contribution in [1.29, 1.82) is 10.7 Å². The van der Waals surface area contributed by atoms with Crippen LogP contribution in [-0.4, -0.2) is 5.90 Å². The molecule has 0 saturated carbocycles. The number of hydrogen-bond donors (Lipinski definition) is 1. The topological polar surface area (TPSA) is 56.9 Å². The smallest absolute Gasteiger partial charge is 0.205 e. The van der Waals surface area contributed by atoms with Gasteiger partial charge in [0.05, 0.1) is 6.07 Å². The molecular weight excluding hydrogens is 355 g/mol. The molecule has 3 aromatic rings. The van der Waals surface area contributed by atoms with Crippen LogP contribution in [0.2, 0.25) is 10.0 Å². The quantitative estimate of drug-likeness (QED) is 0.592. The van der Waals surface area contributed by atoms with Crippen molar-refractivity contribution < 1.29 is 4.74 Å². The molecule has 0 amide bonds. The normalized spacial score (nSPS) is 19.2. The number of benzene rings is 3. The summed E-state index contributed by atoms with van der Waals surface area (Å²) < 4.78 is 5.76. The first-order valence-electron chi connectivity index (χ1n) is 7.72. The third kappa shape index (κ3) is 2.55. The van der Waals surface area contributed by atoms with E-state index in [1.165, 1.54) is 0 Å². The lowest BCUT2D eigenvalue weighted by Crippen LogP contribution is -2.31. The standard InChI is InChI=1S/C20H12Cl2N2O/c21-12-6-8-14(17(22)9-12)18-15-7-5-11-3-1-2-4-13(11)19(15)25-20(24)16(18)10-23/h1-9,16,18,24H. The van der Waals surface area contributed by atoms with Gasteiger partial charge in [0, 0.05) is 26.9 Å². The fourth-order valence-electron chi connectivity index (χ4n) is 3.36. The summed E-state index contributed by atoms with van der Waals surface area (Å²) in [6.07, 6.45) is 0. The first-order valence-corrected chi connectivity index (χ1v) is 8.48. The van der Waals surface area contributed by atoms with Gasteiger partial charge in [0.1, 0.15) is 11.7 Å². The second kappa shape index (κ2) is 6.07. The molecule has 0 saturated heterocycles. The van der Waals surface area contributed by atoms with Gasteiger partial charge in [0.15, 0.2) is 0 Å². The maximum Gasteiger partial charge on any atom is 0.205 e. The monoisotopic (exact) mass is 366 g/mol. The fraction of sp³-hybridized carbons (Fsp3) is 0.100.